The number of hydrogen-bond donors (Lipinski definition) is 0. The van der Waals surface area contributed by atoms with E-state index in [4.69, 9.17) is 16.3 Å². The lowest BCUT2D eigenvalue weighted by Gasteiger charge is -2.05. The van der Waals surface area contributed by atoms with Crippen LogP contribution in [0, 0.1) is 0 Å². The molecule has 0 saturated carbocycles. The largest absolute Gasteiger partial charge is 0.492 e. The van der Waals surface area contributed by atoms with Gasteiger partial charge in [0, 0.05) is 6.20 Å². The summed E-state index contributed by atoms with van der Waals surface area (Å²) in [7, 11) is 0. The molecule has 0 N–H and O–H groups in total. The third kappa shape index (κ3) is 2.51. The lowest BCUT2D eigenvalue weighted by atomic mass is 10.1. The molecule has 0 amide bonds. The van der Waals surface area contributed by atoms with Crippen molar-refractivity contribution in [3.05, 3.63) is 30.1 Å². The second kappa shape index (κ2) is 4.67. The van der Waals surface area contributed by atoms with E-state index in [0.29, 0.717) is 6.61 Å². The molecule has 0 fully saturated rings. The zero-order valence-corrected chi connectivity index (χ0v) is 9.50. The van der Waals surface area contributed by atoms with E-state index in [1.54, 1.807) is 6.20 Å². The Morgan fingerprint density at radius 3 is 3.07 bits per heavy atom. The third-order valence-corrected chi connectivity index (χ3v) is 2.81. The molecule has 80 valence electrons. The number of halogens is 1. The molecule has 1 unspecified atom stereocenters. The van der Waals surface area contributed by atoms with Crippen molar-refractivity contribution in [2.45, 2.75) is 25.1 Å². The van der Waals surface area contributed by atoms with Crippen molar-refractivity contribution in [3.63, 3.8) is 0 Å². The average Bonchev–Trinajstić information content (AvgIpc) is 2.66. The van der Waals surface area contributed by atoms with Gasteiger partial charge < -0.3 is 4.74 Å². The number of aromatic nitrogens is 1. The fourth-order valence-corrected chi connectivity index (χ4v) is 2.02. The fourth-order valence-electron chi connectivity index (χ4n) is 1.76. The minimum atomic E-state index is 0.177. The summed E-state index contributed by atoms with van der Waals surface area (Å²) in [6, 6.07) is 2.03. The highest BCUT2D eigenvalue weighted by atomic mass is 35.5. The molecule has 1 heterocycles. The van der Waals surface area contributed by atoms with E-state index in [1.807, 2.05) is 19.2 Å². The normalized spacial score (nSPS) is 20.1. The molecule has 1 aliphatic carbocycles. The second-order valence-electron chi connectivity index (χ2n) is 3.59. The van der Waals surface area contributed by atoms with Crippen LogP contribution in [0.5, 0.6) is 5.75 Å². The molecule has 0 spiro atoms. The smallest absolute Gasteiger partial charge is 0.138 e. The summed E-state index contributed by atoms with van der Waals surface area (Å²) in [5.41, 5.74) is 2.41. The van der Waals surface area contributed by atoms with E-state index in [-0.39, 0.29) is 5.38 Å². The lowest BCUT2D eigenvalue weighted by molar-refractivity contribution is 0.339. The van der Waals surface area contributed by atoms with Gasteiger partial charge in [-0.1, -0.05) is 6.08 Å². The molecular weight excluding hydrogens is 210 g/mol. The summed E-state index contributed by atoms with van der Waals surface area (Å²) in [4.78, 5) is 4.16. The van der Waals surface area contributed by atoms with Crippen molar-refractivity contribution in [2.24, 2.45) is 0 Å². The van der Waals surface area contributed by atoms with Crippen LogP contribution < -0.4 is 4.74 Å². The predicted octanol–water partition coefficient (Wildman–Crippen LogP) is 3.26. The monoisotopic (exact) mass is 223 g/mol. The Labute approximate surface area is 94.9 Å². The second-order valence-corrected chi connectivity index (χ2v) is 4.15. The maximum atomic E-state index is 6.03. The summed E-state index contributed by atoms with van der Waals surface area (Å²) in [6.45, 7) is 2.64. The first kappa shape index (κ1) is 10.5. The van der Waals surface area contributed by atoms with E-state index in [1.165, 1.54) is 5.57 Å². The standard InChI is InChI=1S/C12H14ClNO/c1-2-15-12-6-10(7-14-8-12)9-3-4-11(13)5-9/h5-8,11H,2-4H2,1H3. The highest BCUT2D eigenvalue weighted by Gasteiger charge is 2.14. The van der Waals surface area contributed by atoms with Gasteiger partial charge in [0.1, 0.15) is 5.75 Å². The van der Waals surface area contributed by atoms with Crippen molar-refractivity contribution < 1.29 is 4.74 Å². The van der Waals surface area contributed by atoms with Gasteiger partial charge in [-0.15, -0.1) is 11.6 Å². The third-order valence-electron chi connectivity index (χ3n) is 2.47. The molecule has 15 heavy (non-hydrogen) atoms. The summed E-state index contributed by atoms with van der Waals surface area (Å²) < 4.78 is 5.41. The van der Waals surface area contributed by atoms with Crippen molar-refractivity contribution in [2.75, 3.05) is 6.61 Å². The predicted molar refractivity (Wildman–Crippen MR) is 62.3 cm³/mol. The summed E-state index contributed by atoms with van der Waals surface area (Å²) in [5, 5.41) is 0.177. The van der Waals surface area contributed by atoms with E-state index in [9.17, 15) is 0 Å². The SMILES string of the molecule is CCOc1cncc(C2=CC(Cl)CC2)c1. The zero-order valence-electron chi connectivity index (χ0n) is 8.74. The van der Waals surface area contributed by atoms with Gasteiger partial charge in [0.05, 0.1) is 18.2 Å². The quantitative estimate of drug-likeness (QED) is 0.734. The number of ether oxygens (including phenoxy) is 1. The molecule has 0 bridgehead atoms. The van der Waals surface area contributed by atoms with Crippen LogP contribution in [0.3, 0.4) is 0 Å². The van der Waals surface area contributed by atoms with Crippen LogP contribution in [0.4, 0.5) is 0 Å². The highest BCUT2D eigenvalue weighted by Crippen LogP contribution is 2.31. The minimum Gasteiger partial charge on any atom is -0.492 e. The van der Waals surface area contributed by atoms with Gasteiger partial charge in [0.25, 0.3) is 0 Å². The first-order chi connectivity index (χ1) is 7.29. The molecule has 1 atom stereocenters. The Morgan fingerprint density at radius 1 is 1.53 bits per heavy atom. The Balaban J connectivity index is 2.21. The molecule has 0 radical (unpaired) electrons. The van der Waals surface area contributed by atoms with E-state index in [2.05, 4.69) is 11.1 Å². The number of allylic oxidation sites excluding steroid dienone is 2. The van der Waals surface area contributed by atoms with Crippen LogP contribution in [-0.4, -0.2) is 17.0 Å². The molecular formula is C12H14ClNO. The Morgan fingerprint density at radius 2 is 2.40 bits per heavy atom. The van der Waals surface area contributed by atoms with Crippen LogP contribution in [-0.2, 0) is 0 Å². The summed E-state index contributed by atoms with van der Waals surface area (Å²) >= 11 is 6.03. The zero-order chi connectivity index (χ0) is 10.7. The summed E-state index contributed by atoms with van der Waals surface area (Å²) in [6.07, 6.45) is 7.76. The van der Waals surface area contributed by atoms with Gasteiger partial charge >= 0.3 is 0 Å². The molecule has 0 saturated heterocycles. The number of rotatable bonds is 3. The molecule has 1 aromatic rings. The van der Waals surface area contributed by atoms with Crippen molar-refractivity contribution >= 4 is 17.2 Å². The number of hydrogen-bond acceptors (Lipinski definition) is 2. The molecule has 0 aromatic carbocycles. The molecule has 2 nitrogen and oxygen atoms in total. The van der Waals surface area contributed by atoms with Crippen LogP contribution in [0.25, 0.3) is 5.57 Å². The van der Waals surface area contributed by atoms with Crippen LogP contribution in [0.2, 0.25) is 0 Å². The molecule has 3 heteroatoms. The van der Waals surface area contributed by atoms with Crippen LogP contribution >= 0.6 is 11.6 Å². The Hall–Kier alpha value is -1.02. The maximum absolute atomic E-state index is 6.03. The molecule has 0 aliphatic heterocycles. The number of alkyl halides is 1. The molecule has 1 aromatic heterocycles. The minimum absolute atomic E-state index is 0.177. The number of nitrogens with zero attached hydrogens (tertiary/aromatic N) is 1. The fraction of sp³-hybridized carbons (Fsp3) is 0.417. The van der Waals surface area contributed by atoms with Gasteiger partial charge in [-0.2, -0.15) is 0 Å². The first-order valence-corrected chi connectivity index (χ1v) is 5.66. The van der Waals surface area contributed by atoms with Gasteiger partial charge in [0.15, 0.2) is 0 Å². The number of pyridine rings is 1. The van der Waals surface area contributed by atoms with E-state index in [0.717, 1.165) is 24.2 Å². The van der Waals surface area contributed by atoms with E-state index >= 15 is 0 Å². The Bertz CT molecular complexity index is 376. The summed E-state index contributed by atoms with van der Waals surface area (Å²) in [5.74, 6) is 0.828. The topological polar surface area (TPSA) is 22.1 Å². The van der Waals surface area contributed by atoms with Crippen molar-refractivity contribution in [3.8, 4) is 5.75 Å². The maximum Gasteiger partial charge on any atom is 0.138 e. The lowest BCUT2D eigenvalue weighted by Crippen LogP contribution is -1.93. The van der Waals surface area contributed by atoms with Crippen molar-refractivity contribution in [1.29, 1.82) is 0 Å². The average molecular weight is 224 g/mol. The van der Waals surface area contributed by atoms with Crippen LogP contribution in [0.1, 0.15) is 25.3 Å². The van der Waals surface area contributed by atoms with E-state index < -0.39 is 0 Å². The highest BCUT2D eigenvalue weighted by molar-refractivity contribution is 6.22. The van der Waals surface area contributed by atoms with Gasteiger partial charge in [-0.25, -0.2) is 0 Å². The molecule has 2 rings (SSSR count). The van der Waals surface area contributed by atoms with Crippen molar-refractivity contribution in [1.82, 2.24) is 4.98 Å². The van der Waals surface area contributed by atoms with Gasteiger partial charge in [-0.3, -0.25) is 4.98 Å². The van der Waals surface area contributed by atoms with Gasteiger partial charge in [-0.05, 0) is 37.0 Å². The molecule has 1 aliphatic rings. The van der Waals surface area contributed by atoms with Gasteiger partial charge in [0.2, 0.25) is 0 Å². The van der Waals surface area contributed by atoms with Crippen LogP contribution in [0.15, 0.2) is 24.5 Å². The first-order valence-electron chi connectivity index (χ1n) is 5.22. The Kier molecular flexibility index (Phi) is 3.27.